The van der Waals surface area contributed by atoms with E-state index in [9.17, 15) is 0 Å². The van der Waals surface area contributed by atoms with Gasteiger partial charge in [0, 0.05) is 6.04 Å². The van der Waals surface area contributed by atoms with Gasteiger partial charge in [-0.25, -0.2) is 4.98 Å². The van der Waals surface area contributed by atoms with E-state index in [1.807, 2.05) is 18.2 Å². The van der Waals surface area contributed by atoms with Crippen molar-refractivity contribution in [2.45, 2.75) is 38.8 Å². The number of benzene rings is 1. The molecule has 2 heterocycles. The summed E-state index contributed by atoms with van der Waals surface area (Å²) in [7, 11) is 0. The minimum Gasteiger partial charge on any atom is -0.323 e. The van der Waals surface area contributed by atoms with Gasteiger partial charge in [-0.3, -0.25) is 0 Å². The molecule has 0 saturated carbocycles. The average Bonchev–Trinajstić information content (AvgIpc) is 2.95. The summed E-state index contributed by atoms with van der Waals surface area (Å²) in [5.74, 6) is 1.13. The Hall–Kier alpha value is -1.06. The monoisotopic (exact) mass is 263 g/mol. The van der Waals surface area contributed by atoms with Crippen LogP contribution in [0.25, 0.3) is 11.0 Å². The minimum absolute atomic E-state index is 0.368. The van der Waals surface area contributed by atoms with E-state index in [0.29, 0.717) is 12.1 Å². The van der Waals surface area contributed by atoms with E-state index in [1.54, 1.807) is 0 Å². The van der Waals surface area contributed by atoms with E-state index >= 15 is 0 Å². The maximum absolute atomic E-state index is 6.35. The Balaban J connectivity index is 2.24. The number of para-hydroxylation sites is 1. The summed E-state index contributed by atoms with van der Waals surface area (Å²) in [5, 5.41) is 4.31. The fourth-order valence-electron chi connectivity index (χ4n) is 2.80. The molecule has 0 bridgehead atoms. The highest BCUT2D eigenvalue weighted by Crippen LogP contribution is 2.32. The van der Waals surface area contributed by atoms with Crippen LogP contribution in [0.2, 0.25) is 5.02 Å². The Bertz CT molecular complexity index is 568. The Morgan fingerprint density at radius 1 is 1.44 bits per heavy atom. The van der Waals surface area contributed by atoms with Gasteiger partial charge in [-0.15, -0.1) is 0 Å². The second kappa shape index (κ2) is 4.56. The van der Waals surface area contributed by atoms with E-state index in [4.69, 9.17) is 16.6 Å². The van der Waals surface area contributed by atoms with Crippen LogP contribution in [-0.2, 0) is 0 Å². The number of nitrogens with zero attached hydrogens (tertiary/aromatic N) is 2. The van der Waals surface area contributed by atoms with Crippen molar-refractivity contribution in [3.05, 3.63) is 29.0 Å². The highest BCUT2D eigenvalue weighted by molar-refractivity contribution is 6.35. The molecule has 1 aromatic carbocycles. The first-order chi connectivity index (χ1) is 8.68. The van der Waals surface area contributed by atoms with Crippen molar-refractivity contribution in [2.75, 3.05) is 6.54 Å². The standard InChI is InChI=1S/C14H18ClN3/c1-9(2)18-13-10(15)5-3-6-11(13)17-14(18)12-7-4-8-16-12/h3,5-6,9,12,16H,4,7-8H2,1-2H3. The van der Waals surface area contributed by atoms with Crippen LogP contribution >= 0.6 is 11.6 Å². The molecular formula is C14H18ClN3. The summed E-state index contributed by atoms with van der Waals surface area (Å²) in [6, 6.07) is 6.69. The van der Waals surface area contributed by atoms with Crippen molar-refractivity contribution in [3.63, 3.8) is 0 Å². The van der Waals surface area contributed by atoms with E-state index in [2.05, 4.69) is 23.7 Å². The average molecular weight is 264 g/mol. The molecule has 1 aromatic heterocycles. The second-order valence-corrected chi connectivity index (χ2v) is 5.60. The molecule has 0 spiro atoms. The summed E-state index contributed by atoms with van der Waals surface area (Å²) in [6.45, 7) is 5.45. The largest absolute Gasteiger partial charge is 0.323 e. The molecule has 0 radical (unpaired) electrons. The lowest BCUT2D eigenvalue weighted by molar-refractivity contribution is 0.517. The van der Waals surface area contributed by atoms with E-state index in [0.717, 1.165) is 34.8 Å². The normalized spacial score (nSPS) is 20.1. The predicted octanol–water partition coefficient (Wildman–Crippen LogP) is 3.70. The number of hydrogen-bond donors (Lipinski definition) is 1. The molecule has 1 atom stereocenters. The zero-order valence-electron chi connectivity index (χ0n) is 10.8. The van der Waals surface area contributed by atoms with E-state index in [1.165, 1.54) is 6.42 Å². The maximum Gasteiger partial charge on any atom is 0.127 e. The number of imidazole rings is 1. The van der Waals surface area contributed by atoms with Crippen molar-refractivity contribution < 1.29 is 0 Å². The Morgan fingerprint density at radius 2 is 2.28 bits per heavy atom. The van der Waals surface area contributed by atoms with Crippen LogP contribution in [0.5, 0.6) is 0 Å². The quantitative estimate of drug-likeness (QED) is 0.895. The lowest BCUT2D eigenvalue weighted by Gasteiger charge is -2.17. The molecule has 0 amide bonds. The number of nitrogens with one attached hydrogen (secondary N) is 1. The third-order valence-corrected chi connectivity index (χ3v) is 3.88. The Morgan fingerprint density at radius 3 is 2.94 bits per heavy atom. The summed E-state index contributed by atoms with van der Waals surface area (Å²) in [5.41, 5.74) is 2.07. The highest BCUT2D eigenvalue weighted by atomic mass is 35.5. The zero-order valence-corrected chi connectivity index (χ0v) is 11.5. The van der Waals surface area contributed by atoms with Crippen LogP contribution in [-0.4, -0.2) is 16.1 Å². The van der Waals surface area contributed by atoms with E-state index < -0.39 is 0 Å². The molecule has 1 N–H and O–H groups in total. The first-order valence-corrected chi connectivity index (χ1v) is 6.96. The number of hydrogen-bond acceptors (Lipinski definition) is 2. The molecule has 0 aliphatic carbocycles. The van der Waals surface area contributed by atoms with Crippen LogP contribution < -0.4 is 5.32 Å². The molecule has 3 nitrogen and oxygen atoms in total. The molecule has 18 heavy (non-hydrogen) atoms. The molecule has 1 fully saturated rings. The summed E-state index contributed by atoms with van der Waals surface area (Å²) >= 11 is 6.35. The van der Waals surface area contributed by atoms with Gasteiger partial charge in [-0.2, -0.15) is 0 Å². The van der Waals surface area contributed by atoms with Crippen LogP contribution in [0.4, 0.5) is 0 Å². The van der Waals surface area contributed by atoms with Crippen molar-refractivity contribution in [1.82, 2.24) is 14.9 Å². The summed E-state index contributed by atoms with van der Waals surface area (Å²) in [6.07, 6.45) is 2.38. The van der Waals surface area contributed by atoms with Gasteiger partial charge in [-0.05, 0) is 45.4 Å². The van der Waals surface area contributed by atoms with E-state index in [-0.39, 0.29) is 0 Å². The van der Waals surface area contributed by atoms with Gasteiger partial charge in [0.2, 0.25) is 0 Å². The number of rotatable bonds is 2. The first kappa shape index (κ1) is 12.0. The molecular weight excluding hydrogens is 246 g/mol. The van der Waals surface area contributed by atoms with Gasteiger partial charge < -0.3 is 9.88 Å². The third kappa shape index (κ3) is 1.82. The zero-order chi connectivity index (χ0) is 12.7. The summed E-state index contributed by atoms with van der Waals surface area (Å²) in [4.78, 5) is 4.79. The van der Waals surface area contributed by atoms with Crippen LogP contribution in [0.15, 0.2) is 18.2 Å². The van der Waals surface area contributed by atoms with Gasteiger partial charge in [0.05, 0.1) is 22.1 Å². The smallest absolute Gasteiger partial charge is 0.127 e. The fraction of sp³-hybridized carbons (Fsp3) is 0.500. The third-order valence-electron chi connectivity index (χ3n) is 3.58. The lowest BCUT2D eigenvalue weighted by Crippen LogP contribution is -2.19. The van der Waals surface area contributed by atoms with Crippen LogP contribution in [0.1, 0.15) is 44.6 Å². The molecule has 4 heteroatoms. The number of aromatic nitrogens is 2. The van der Waals surface area contributed by atoms with Crippen LogP contribution in [0, 0.1) is 0 Å². The number of fused-ring (bicyclic) bond motifs is 1. The molecule has 1 aliphatic rings. The summed E-state index contributed by atoms with van der Waals surface area (Å²) < 4.78 is 2.28. The van der Waals surface area contributed by atoms with Crippen molar-refractivity contribution >= 4 is 22.6 Å². The van der Waals surface area contributed by atoms with Crippen LogP contribution in [0.3, 0.4) is 0 Å². The maximum atomic E-state index is 6.35. The van der Waals surface area contributed by atoms with Gasteiger partial charge >= 0.3 is 0 Å². The molecule has 3 rings (SSSR count). The predicted molar refractivity (Wildman–Crippen MR) is 75.1 cm³/mol. The van der Waals surface area contributed by atoms with Crippen molar-refractivity contribution in [1.29, 1.82) is 0 Å². The molecule has 1 aliphatic heterocycles. The first-order valence-electron chi connectivity index (χ1n) is 6.58. The van der Waals surface area contributed by atoms with Crippen molar-refractivity contribution in [3.8, 4) is 0 Å². The second-order valence-electron chi connectivity index (χ2n) is 5.19. The topological polar surface area (TPSA) is 29.9 Å². The molecule has 1 unspecified atom stereocenters. The van der Waals surface area contributed by atoms with Gasteiger partial charge in [0.1, 0.15) is 5.82 Å². The molecule has 96 valence electrons. The SMILES string of the molecule is CC(C)n1c(C2CCCN2)nc2cccc(Cl)c21. The van der Waals surface area contributed by atoms with Gasteiger partial charge in [0.15, 0.2) is 0 Å². The molecule has 2 aromatic rings. The molecule has 1 saturated heterocycles. The number of halogens is 1. The minimum atomic E-state index is 0.368. The van der Waals surface area contributed by atoms with Crippen molar-refractivity contribution in [2.24, 2.45) is 0 Å². The van der Waals surface area contributed by atoms with Gasteiger partial charge in [0.25, 0.3) is 0 Å². The fourth-order valence-corrected chi connectivity index (χ4v) is 3.06. The van der Waals surface area contributed by atoms with Gasteiger partial charge in [-0.1, -0.05) is 17.7 Å². The lowest BCUT2D eigenvalue weighted by atomic mass is 10.2. The Kier molecular flexibility index (Phi) is 3.04. The highest BCUT2D eigenvalue weighted by Gasteiger charge is 2.24. The Labute approximate surface area is 112 Å².